The molecular weight excluding hydrogens is 268 g/mol. The maximum Gasteiger partial charge on any atom is 0.177 e. The van der Waals surface area contributed by atoms with E-state index in [-0.39, 0.29) is 0 Å². The summed E-state index contributed by atoms with van der Waals surface area (Å²) in [6, 6.07) is 12.4. The van der Waals surface area contributed by atoms with E-state index in [1.165, 1.54) is 5.56 Å². The molecule has 4 nitrogen and oxygen atoms in total. The van der Waals surface area contributed by atoms with Crippen molar-refractivity contribution in [2.45, 2.75) is 6.54 Å². The molecule has 0 amide bonds. The van der Waals surface area contributed by atoms with Gasteiger partial charge >= 0.3 is 0 Å². The van der Waals surface area contributed by atoms with Gasteiger partial charge in [0.25, 0.3) is 0 Å². The Morgan fingerprint density at radius 2 is 2.05 bits per heavy atom. The van der Waals surface area contributed by atoms with E-state index in [1.54, 1.807) is 11.3 Å². The molecule has 0 bridgehead atoms. The van der Waals surface area contributed by atoms with Crippen molar-refractivity contribution in [1.29, 1.82) is 0 Å². The van der Waals surface area contributed by atoms with E-state index in [4.69, 9.17) is 0 Å². The Morgan fingerprint density at radius 1 is 1.15 bits per heavy atom. The highest BCUT2D eigenvalue weighted by molar-refractivity contribution is 7.08. The van der Waals surface area contributed by atoms with Crippen LogP contribution in [0.2, 0.25) is 0 Å². The summed E-state index contributed by atoms with van der Waals surface area (Å²) in [4.78, 5) is 7.98. The fourth-order valence-corrected chi connectivity index (χ4v) is 2.89. The average Bonchev–Trinajstić information content (AvgIpc) is 3.17. The van der Waals surface area contributed by atoms with Crippen LogP contribution in [0.15, 0.2) is 53.4 Å². The smallest absolute Gasteiger partial charge is 0.177 e. The first kappa shape index (κ1) is 11.4. The molecule has 0 atom stereocenters. The number of benzene rings is 1. The lowest BCUT2D eigenvalue weighted by Gasteiger charge is -2.01. The van der Waals surface area contributed by atoms with Gasteiger partial charge in [-0.3, -0.25) is 0 Å². The molecule has 0 aliphatic carbocycles. The Morgan fingerprint density at radius 3 is 2.85 bits per heavy atom. The number of fused-ring (bicyclic) bond motifs is 1. The van der Waals surface area contributed by atoms with Gasteiger partial charge in [0.05, 0.1) is 12.7 Å². The minimum Gasteiger partial charge on any atom is -0.335 e. The molecule has 0 aliphatic rings. The molecule has 0 unspecified atom stereocenters. The first-order valence-electron chi connectivity index (χ1n) is 6.38. The minimum atomic E-state index is 0.734. The lowest BCUT2D eigenvalue weighted by molar-refractivity contribution is 0.705. The zero-order chi connectivity index (χ0) is 13.4. The molecule has 98 valence electrons. The van der Waals surface area contributed by atoms with Crippen molar-refractivity contribution >= 4 is 22.5 Å². The van der Waals surface area contributed by atoms with Gasteiger partial charge in [0.2, 0.25) is 0 Å². The van der Waals surface area contributed by atoms with Gasteiger partial charge in [0.1, 0.15) is 11.3 Å². The van der Waals surface area contributed by atoms with Crippen molar-refractivity contribution < 1.29 is 0 Å². The van der Waals surface area contributed by atoms with E-state index >= 15 is 0 Å². The lowest BCUT2D eigenvalue weighted by Crippen LogP contribution is -2.01. The van der Waals surface area contributed by atoms with Crippen molar-refractivity contribution in [3.63, 3.8) is 0 Å². The monoisotopic (exact) mass is 280 g/mol. The number of rotatable bonds is 3. The highest BCUT2D eigenvalue weighted by Gasteiger charge is 2.10. The SMILES string of the molecule is c1ccc(Cn2ncc3[nH]c(-c4ccsc4)nc32)cc1. The standard InChI is InChI=1S/C15H12N4S/c1-2-4-11(5-3-1)9-19-15-13(8-16-19)17-14(18-15)12-6-7-20-10-12/h1-8,10H,9H2,(H,17,18). The summed E-state index contributed by atoms with van der Waals surface area (Å²) in [6.45, 7) is 0.734. The third kappa shape index (κ3) is 1.92. The summed E-state index contributed by atoms with van der Waals surface area (Å²) >= 11 is 1.67. The molecule has 5 heteroatoms. The molecule has 1 N–H and O–H groups in total. The zero-order valence-electron chi connectivity index (χ0n) is 10.7. The second-order valence-electron chi connectivity index (χ2n) is 4.62. The quantitative estimate of drug-likeness (QED) is 0.624. The third-order valence-electron chi connectivity index (χ3n) is 3.25. The van der Waals surface area contributed by atoms with Crippen molar-refractivity contribution in [2.75, 3.05) is 0 Å². The Kier molecular flexibility index (Phi) is 2.63. The van der Waals surface area contributed by atoms with Crippen molar-refractivity contribution in [1.82, 2.24) is 19.7 Å². The van der Waals surface area contributed by atoms with Crippen LogP contribution >= 0.6 is 11.3 Å². The number of H-pyrrole nitrogens is 1. The third-order valence-corrected chi connectivity index (χ3v) is 3.94. The number of nitrogens with one attached hydrogen (secondary N) is 1. The predicted molar refractivity (Wildman–Crippen MR) is 80.7 cm³/mol. The highest BCUT2D eigenvalue weighted by Crippen LogP contribution is 2.22. The molecule has 4 aromatic rings. The minimum absolute atomic E-state index is 0.734. The summed E-state index contributed by atoms with van der Waals surface area (Å²) in [5.74, 6) is 0.903. The first-order chi connectivity index (χ1) is 9.90. The van der Waals surface area contributed by atoms with Gasteiger partial charge < -0.3 is 4.98 Å². The van der Waals surface area contributed by atoms with Crippen LogP contribution in [-0.2, 0) is 6.54 Å². The molecule has 0 fully saturated rings. The Balaban J connectivity index is 1.74. The van der Waals surface area contributed by atoms with E-state index in [2.05, 4.69) is 44.0 Å². The van der Waals surface area contributed by atoms with Crippen LogP contribution in [0.3, 0.4) is 0 Å². The van der Waals surface area contributed by atoms with Crippen LogP contribution < -0.4 is 0 Å². The van der Waals surface area contributed by atoms with Gasteiger partial charge in [0.15, 0.2) is 5.65 Å². The number of aromatic nitrogens is 4. The number of hydrogen-bond acceptors (Lipinski definition) is 3. The normalized spacial score (nSPS) is 11.2. The van der Waals surface area contributed by atoms with Gasteiger partial charge in [-0.1, -0.05) is 30.3 Å². The molecule has 0 radical (unpaired) electrons. The van der Waals surface area contributed by atoms with E-state index < -0.39 is 0 Å². The Hall–Kier alpha value is -2.40. The van der Waals surface area contributed by atoms with Crippen LogP contribution in [0, 0.1) is 0 Å². The highest BCUT2D eigenvalue weighted by atomic mass is 32.1. The van der Waals surface area contributed by atoms with Gasteiger partial charge in [-0.25, -0.2) is 9.67 Å². The molecule has 1 aromatic carbocycles. The van der Waals surface area contributed by atoms with E-state index in [0.29, 0.717) is 0 Å². The summed E-state index contributed by atoms with van der Waals surface area (Å²) in [5, 5.41) is 8.54. The first-order valence-corrected chi connectivity index (χ1v) is 7.32. The van der Waals surface area contributed by atoms with E-state index in [9.17, 15) is 0 Å². The second kappa shape index (κ2) is 4.61. The number of thiophene rings is 1. The Labute approximate surface area is 119 Å². The van der Waals surface area contributed by atoms with Crippen molar-refractivity contribution in [2.24, 2.45) is 0 Å². The van der Waals surface area contributed by atoms with Gasteiger partial charge in [-0.15, -0.1) is 0 Å². The maximum atomic E-state index is 4.66. The van der Waals surface area contributed by atoms with Crippen LogP contribution in [-0.4, -0.2) is 19.7 Å². The summed E-state index contributed by atoms with van der Waals surface area (Å²) in [6.07, 6.45) is 1.83. The largest absolute Gasteiger partial charge is 0.335 e. The summed E-state index contributed by atoms with van der Waals surface area (Å²) in [7, 11) is 0. The number of imidazole rings is 1. The van der Waals surface area contributed by atoms with Crippen LogP contribution in [0.4, 0.5) is 0 Å². The molecule has 0 spiro atoms. The molecule has 0 saturated carbocycles. The summed E-state index contributed by atoms with van der Waals surface area (Å²) < 4.78 is 1.93. The van der Waals surface area contributed by atoms with E-state index in [0.717, 1.165) is 29.1 Å². The van der Waals surface area contributed by atoms with Gasteiger partial charge in [-0.2, -0.15) is 16.4 Å². The Bertz CT molecular complexity index is 827. The molecule has 20 heavy (non-hydrogen) atoms. The predicted octanol–water partition coefficient (Wildman–Crippen LogP) is 3.54. The fraction of sp³-hybridized carbons (Fsp3) is 0.0667. The number of nitrogens with zero attached hydrogens (tertiary/aromatic N) is 3. The van der Waals surface area contributed by atoms with E-state index in [1.807, 2.05) is 29.1 Å². The van der Waals surface area contributed by atoms with Crippen molar-refractivity contribution in [3.05, 3.63) is 58.9 Å². The molecule has 0 saturated heterocycles. The van der Waals surface area contributed by atoms with Crippen molar-refractivity contribution in [3.8, 4) is 11.4 Å². The lowest BCUT2D eigenvalue weighted by atomic mass is 10.2. The van der Waals surface area contributed by atoms with Crippen LogP contribution in [0.1, 0.15) is 5.56 Å². The fourth-order valence-electron chi connectivity index (χ4n) is 2.25. The number of hydrogen-bond donors (Lipinski definition) is 1. The van der Waals surface area contributed by atoms with Gasteiger partial charge in [0, 0.05) is 10.9 Å². The zero-order valence-corrected chi connectivity index (χ0v) is 11.5. The molecule has 3 heterocycles. The summed E-state index contributed by atoms with van der Waals surface area (Å²) in [5.41, 5.74) is 4.22. The molecule has 3 aromatic heterocycles. The average molecular weight is 280 g/mol. The topological polar surface area (TPSA) is 46.5 Å². The molecule has 0 aliphatic heterocycles. The number of aromatic amines is 1. The molecular formula is C15H12N4S. The van der Waals surface area contributed by atoms with Crippen LogP contribution in [0.5, 0.6) is 0 Å². The van der Waals surface area contributed by atoms with Gasteiger partial charge in [-0.05, 0) is 17.0 Å². The molecule has 4 rings (SSSR count). The maximum absolute atomic E-state index is 4.66. The van der Waals surface area contributed by atoms with Crippen LogP contribution in [0.25, 0.3) is 22.6 Å². The second-order valence-corrected chi connectivity index (χ2v) is 5.40.